The molecule has 0 radical (unpaired) electrons. The molecule has 0 aliphatic rings. The van der Waals surface area contributed by atoms with Crippen LogP contribution >= 0.6 is 0 Å². The van der Waals surface area contributed by atoms with Gasteiger partial charge in [-0.3, -0.25) is 5.32 Å². The van der Waals surface area contributed by atoms with Crippen LogP contribution in [0.2, 0.25) is 0 Å². The molecule has 0 aliphatic carbocycles. The average Bonchev–Trinajstić information content (AvgIpc) is 2.35. The molecule has 110 valence electrons. The SMILES string of the molecule is CCNC(C)(C#N)CC(C)Oc1cc(C)cc(C)c1C. The summed E-state index contributed by atoms with van der Waals surface area (Å²) in [5.74, 6) is 0.923. The molecule has 1 N–H and O–H groups in total. The summed E-state index contributed by atoms with van der Waals surface area (Å²) in [6.45, 7) is 13.0. The van der Waals surface area contributed by atoms with Crippen LogP contribution < -0.4 is 10.1 Å². The zero-order chi connectivity index (χ0) is 15.3. The minimum atomic E-state index is -0.541. The molecule has 0 spiro atoms. The number of nitriles is 1. The minimum absolute atomic E-state index is 0.0152. The fourth-order valence-electron chi connectivity index (χ4n) is 2.50. The number of hydrogen-bond donors (Lipinski definition) is 1. The molecule has 1 aromatic rings. The van der Waals surface area contributed by atoms with Crippen molar-refractivity contribution < 1.29 is 4.74 Å². The molecular formula is C17H26N2O. The molecule has 0 aromatic heterocycles. The normalized spacial score (nSPS) is 15.2. The summed E-state index contributed by atoms with van der Waals surface area (Å²) >= 11 is 0. The van der Waals surface area contributed by atoms with Crippen molar-refractivity contribution in [2.45, 2.75) is 59.6 Å². The first-order valence-corrected chi connectivity index (χ1v) is 7.22. The molecule has 20 heavy (non-hydrogen) atoms. The van der Waals surface area contributed by atoms with Gasteiger partial charge in [0.05, 0.1) is 12.2 Å². The maximum absolute atomic E-state index is 9.31. The van der Waals surface area contributed by atoms with Gasteiger partial charge in [0.15, 0.2) is 0 Å². The van der Waals surface area contributed by atoms with E-state index in [2.05, 4.69) is 44.3 Å². The third kappa shape index (κ3) is 4.25. The fourth-order valence-corrected chi connectivity index (χ4v) is 2.50. The lowest BCUT2D eigenvalue weighted by Gasteiger charge is -2.27. The molecule has 0 fully saturated rings. The predicted octanol–water partition coefficient (Wildman–Crippen LogP) is 3.66. The largest absolute Gasteiger partial charge is 0.490 e. The van der Waals surface area contributed by atoms with Crippen LogP contribution in [-0.4, -0.2) is 18.2 Å². The van der Waals surface area contributed by atoms with E-state index in [1.54, 1.807) is 0 Å². The highest BCUT2D eigenvalue weighted by Gasteiger charge is 2.26. The van der Waals surface area contributed by atoms with Gasteiger partial charge in [0.1, 0.15) is 11.3 Å². The molecule has 0 amide bonds. The Labute approximate surface area is 123 Å². The van der Waals surface area contributed by atoms with E-state index in [0.29, 0.717) is 6.42 Å². The Morgan fingerprint density at radius 2 is 2.00 bits per heavy atom. The highest BCUT2D eigenvalue weighted by molar-refractivity contribution is 5.42. The smallest absolute Gasteiger partial charge is 0.123 e. The van der Waals surface area contributed by atoms with Gasteiger partial charge in [-0.05, 0) is 63.9 Å². The quantitative estimate of drug-likeness (QED) is 0.861. The van der Waals surface area contributed by atoms with Gasteiger partial charge in [-0.2, -0.15) is 5.26 Å². The topological polar surface area (TPSA) is 45.0 Å². The van der Waals surface area contributed by atoms with E-state index in [0.717, 1.165) is 12.3 Å². The van der Waals surface area contributed by atoms with Crippen molar-refractivity contribution in [3.05, 3.63) is 28.8 Å². The molecule has 0 saturated carbocycles. The van der Waals surface area contributed by atoms with Crippen LogP contribution in [0.3, 0.4) is 0 Å². The van der Waals surface area contributed by atoms with Crippen molar-refractivity contribution in [3.8, 4) is 11.8 Å². The van der Waals surface area contributed by atoms with Crippen LogP contribution in [0.4, 0.5) is 0 Å². The molecule has 0 saturated heterocycles. The van der Waals surface area contributed by atoms with Crippen LogP contribution in [0.15, 0.2) is 12.1 Å². The third-order valence-corrected chi connectivity index (χ3v) is 3.60. The van der Waals surface area contributed by atoms with E-state index in [1.165, 1.54) is 16.7 Å². The predicted molar refractivity (Wildman–Crippen MR) is 83.1 cm³/mol. The number of hydrogen-bond acceptors (Lipinski definition) is 3. The molecule has 1 rings (SSSR count). The molecule has 0 heterocycles. The van der Waals surface area contributed by atoms with Crippen molar-refractivity contribution in [1.82, 2.24) is 5.32 Å². The van der Waals surface area contributed by atoms with Gasteiger partial charge < -0.3 is 4.74 Å². The van der Waals surface area contributed by atoms with E-state index < -0.39 is 5.54 Å². The van der Waals surface area contributed by atoms with E-state index in [-0.39, 0.29) is 6.10 Å². The Balaban J connectivity index is 2.82. The molecule has 3 heteroatoms. The molecule has 3 nitrogen and oxygen atoms in total. The van der Waals surface area contributed by atoms with Crippen molar-refractivity contribution >= 4 is 0 Å². The monoisotopic (exact) mass is 274 g/mol. The number of aryl methyl sites for hydroxylation is 2. The summed E-state index contributed by atoms with van der Waals surface area (Å²) in [4.78, 5) is 0. The first-order valence-electron chi connectivity index (χ1n) is 7.22. The Bertz CT molecular complexity index is 504. The lowest BCUT2D eigenvalue weighted by atomic mass is 9.96. The van der Waals surface area contributed by atoms with Crippen molar-refractivity contribution in [1.29, 1.82) is 5.26 Å². The van der Waals surface area contributed by atoms with Crippen LogP contribution in [0.5, 0.6) is 5.75 Å². The van der Waals surface area contributed by atoms with E-state index >= 15 is 0 Å². The summed E-state index contributed by atoms with van der Waals surface area (Å²) in [7, 11) is 0. The fraction of sp³-hybridized carbons (Fsp3) is 0.588. The summed E-state index contributed by atoms with van der Waals surface area (Å²) < 4.78 is 6.06. The summed E-state index contributed by atoms with van der Waals surface area (Å²) in [5, 5.41) is 12.5. The summed E-state index contributed by atoms with van der Waals surface area (Å²) in [6.07, 6.45) is 0.641. The highest BCUT2D eigenvalue weighted by Crippen LogP contribution is 2.26. The second-order valence-electron chi connectivity index (χ2n) is 5.81. The Morgan fingerprint density at radius 1 is 1.35 bits per heavy atom. The molecule has 2 unspecified atom stereocenters. The molecule has 0 bridgehead atoms. The number of nitrogens with zero attached hydrogens (tertiary/aromatic N) is 1. The molecular weight excluding hydrogens is 248 g/mol. The highest BCUT2D eigenvalue weighted by atomic mass is 16.5. The van der Waals surface area contributed by atoms with E-state index in [4.69, 9.17) is 4.74 Å². The van der Waals surface area contributed by atoms with Gasteiger partial charge in [-0.1, -0.05) is 13.0 Å². The summed E-state index contributed by atoms with van der Waals surface area (Å²) in [5.41, 5.74) is 3.07. The lowest BCUT2D eigenvalue weighted by molar-refractivity contribution is 0.179. The van der Waals surface area contributed by atoms with Crippen LogP contribution in [0.25, 0.3) is 0 Å². The third-order valence-electron chi connectivity index (χ3n) is 3.60. The lowest BCUT2D eigenvalue weighted by Crippen LogP contribution is -2.44. The van der Waals surface area contributed by atoms with Gasteiger partial charge in [0.25, 0.3) is 0 Å². The maximum Gasteiger partial charge on any atom is 0.123 e. The number of ether oxygens (including phenoxy) is 1. The number of rotatable bonds is 6. The zero-order valence-electron chi connectivity index (χ0n) is 13.5. The van der Waals surface area contributed by atoms with Crippen LogP contribution in [0.1, 0.15) is 43.9 Å². The number of nitrogens with one attached hydrogen (secondary N) is 1. The van der Waals surface area contributed by atoms with Crippen LogP contribution in [-0.2, 0) is 0 Å². The summed E-state index contributed by atoms with van der Waals surface area (Å²) in [6, 6.07) is 6.57. The maximum atomic E-state index is 9.31. The number of benzene rings is 1. The van der Waals surface area contributed by atoms with Crippen LogP contribution in [0, 0.1) is 32.1 Å². The van der Waals surface area contributed by atoms with Gasteiger partial charge in [0.2, 0.25) is 0 Å². The Kier molecular flexibility index (Phi) is 5.59. The molecule has 1 aromatic carbocycles. The zero-order valence-corrected chi connectivity index (χ0v) is 13.5. The van der Waals surface area contributed by atoms with Gasteiger partial charge in [0, 0.05) is 6.42 Å². The second-order valence-corrected chi connectivity index (χ2v) is 5.81. The van der Waals surface area contributed by atoms with Gasteiger partial charge >= 0.3 is 0 Å². The standard InChI is InChI=1S/C17H26N2O/c1-7-19-17(6,11-18)10-14(4)20-16-9-12(2)8-13(3)15(16)5/h8-9,14,19H,7,10H2,1-6H3. The first-order chi connectivity index (χ1) is 9.31. The minimum Gasteiger partial charge on any atom is -0.490 e. The second kappa shape index (κ2) is 6.76. The van der Waals surface area contributed by atoms with E-state index in [1.807, 2.05) is 20.8 Å². The Hall–Kier alpha value is -1.53. The van der Waals surface area contributed by atoms with Crippen molar-refractivity contribution in [3.63, 3.8) is 0 Å². The average molecular weight is 274 g/mol. The van der Waals surface area contributed by atoms with E-state index in [9.17, 15) is 5.26 Å². The Morgan fingerprint density at radius 3 is 2.55 bits per heavy atom. The van der Waals surface area contributed by atoms with Gasteiger partial charge in [-0.15, -0.1) is 0 Å². The molecule has 2 atom stereocenters. The van der Waals surface area contributed by atoms with Gasteiger partial charge in [-0.25, -0.2) is 0 Å². The van der Waals surface area contributed by atoms with Crippen molar-refractivity contribution in [2.75, 3.05) is 6.54 Å². The van der Waals surface area contributed by atoms with Crippen molar-refractivity contribution in [2.24, 2.45) is 0 Å². The first kappa shape index (κ1) is 16.5. The molecule has 0 aliphatic heterocycles.